The number of hydrogen-bond acceptors (Lipinski definition) is 4. The zero-order valence-electron chi connectivity index (χ0n) is 12.3. The topological polar surface area (TPSA) is 82.9 Å². The fraction of sp³-hybridized carbons (Fsp3) is 0.615. The van der Waals surface area contributed by atoms with E-state index in [1.165, 1.54) is 29.0 Å². The van der Waals surface area contributed by atoms with Gasteiger partial charge in [-0.05, 0) is 30.9 Å². The van der Waals surface area contributed by atoms with Crippen LogP contribution in [0.25, 0.3) is 0 Å². The molecule has 2 heterocycles. The summed E-state index contributed by atoms with van der Waals surface area (Å²) in [5.74, 6) is 0.350. The number of hydrogen-bond donors (Lipinski definition) is 1. The molecule has 0 atom stereocenters. The van der Waals surface area contributed by atoms with Crippen molar-refractivity contribution >= 4 is 16.1 Å². The van der Waals surface area contributed by atoms with Gasteiger partial charge in [0.1, 0.15) is 0 Å². The maximum Gasteiger partial charge on any atom is 0.286 e. The average Bonchev–Trinajstić information content (AvgIpc) is 2.99. The molecule has 0 aliphatic carbocycles. The van der Waals surface area contributed by atoms with Crippen LogP contribution in [0, 0.1) is 5.92 Å². The molecule has 2 rings (SSSR count). The Balaban J connectivity index is 1.78. The van der Waals surface area contributed by atoms with Gasteiger partial charge in [0.05, 0.1) is 6.26 Å². The zero-order chi connectivity index (χ0) is 15.5. The monoisotopic (exact) mass is 315 g/mol. The van der Waals surface area contributed by atoms with Crippen LogP contribution in [0.4, 0.5) is 0 Å². The summed E-state index contributed by atoms with van der Waals surface area (Å²) in [5.41, 5.74) is 0. The number of nitrogens with one attached hydrogen (secondary N) is 1. The summed E-state index contributed by atoms with van der Waals surface area (Å²) in [6, 6.07) is 3.28. The van der Waals surface area contributed by atoms with E-state index < -0.39 is 10.2 Å². The molecule has 1 fully saturated rings. The predicted molar refractivity (Wildman–Crippen MR) is 77.9 cm³/mol. The smallest absolute Gasteiger partial charge is 0.286 e. The third-order valence-electron chi connectivity index (χ3n) is 3.66. The van der Waals surface area contributed by atoms with Gasteiger partial charge < -0.3 is 9.73 Å². The van der Waals surface area contributed by atoms with E-state index in [1.807, 2.05) is 0 Å². The third kappa shape index (κ3) is 3.84. The molecule has 0 spiro atoms. The van der Waals surface area contributed by atoms with Crippen molar-refractivity contribution in [3.63, 3.8) is 0 Å². The Morgan fingerprint density at radius 3 is 2.62 bits per heavy atom. The molecule has 1 aromatic heterocycles. The van der Waals surface area contributed by atoms with Crippen LogP contribution >= 0.6 is 0 Å². The number of piperidine rings is 1. The summed E-state index contributed by atoms with van der Waals surface area (Å²) < 4.78 is 31.7. The van der Waals surface area contributed by atoms with Gasteiger partial charge in [-0.3, -0.25) is 4.79 Å². The molecule has 0 aromatic carbocycles. The van der Waals surface area contributed by atoms with Crippen molar-refractivity contribution in [1.29, 1.82) is 0 Å². The molecule has 21 heavy (non-hydrogen) atoms. The second-order valence-electron chi connectivity index (χ2n) is 5.32. The second kappa shape index (κ2) is 6.59. The van der Waals surface area contributed by atoms with E-state index in [1.54, 1.807) is 12.1 Å². The maximum atomic E-state index is 12.0. The standard InChI is InChI=1S/C13H21N3O4S/c1-15(2)21(18,19)16-7-5-11(6-8-16)10-14-13(17)12-4-3-9-20-12/h3-4,9,11H,5-8,10H2,1-2H3,(H,14,17). The van der Waals surface area contributed by atoms with Crippen molar-refractivity contribution in [3.05, 3.63) is 24.2 Å². The SMILES string of the molecule is CN(C)S(=O)(=O)N1CCC(CNC(=O)c2ccco2)CC1. The first-order chi connectivity index (χ1) is 9.91. The van der Waals surface area contributed by atoms with Crippen molar-refractivity contribution in [2.75, 3.05) is 33.7 Å². The molecule has 7 nitrogen and oxygen atoms in total. The molecule has 8 heteroatoms. The molecule has 1 aromatic rings. The van der Waals surface area contributed by atoms with E-state index in [0.717, 1.165) is 12.8 Å². The number of carbonyl (C=O) groups excluding carboxylic acids is 1. The van der Waals surface area contributed by atoms with Crippen LogP contribution in [0.5, 0.6) is 0 Å². The lowest BCUT2D eigenvalue weighted by atomic mass is 9.98. The van der Waals surface area contributed by atoms with Gasteiger partial charge in [-0.25, -0.2) is 0 Å². The van der Waals surface area contributed by atoms with Crippen LogP contribution in [-0.2, 0) is 10.2 Å². The highest BCUT2D eigenvalue weighted by molar-refractivity contribution is 7.86. The Morgan fingerprint density at radius 1 is 1.43 bits per heavy atom. The Kier molecular flexibility index (Phi) is 5.02. The van der Waals surface area contributed by atoms with E-state index in [9.17, 15) is 13.2 Å². The molecule has 118 valence electrons. The fourth-order valence-electron chi connectivity index (χ4n) is 2.31. The molecular weight excluding hydrogens is 294 g/mol. The van der Waals surface area contributed by atoms with Crippen LogP contribution in [0.15, 0.2) is 22.8 Å². The molecule has 0 radical (unpaired) electrons. The van der Waals surface area contributed by atoms with Gasteiger partial charge in [0, 0.05) is 33.7 Å². The largest absolute Gasteiger partial charge is 0.459 e. The van der Waals surface area contributed by atoms with Gasteiger partial charge in [-0.15, -0.1) is 0 Å². The normalized spacial score (nSPS) is 18.0. The number of amides is 1. The van der Waals surface area contributed by atoms with Crippen LogP contribution in [0.2, 0.25) is 0 Å². The highest BCUT2D eigenvalue weighted by atomic mass is 32.2. The molecule has 1 aliphatic rings. The lowest BCUT2D eigenvalue weighted by Crippen LogP contribution is -2.45. The fourth-order valence-corrected chi connectivity index (χ4v) is 3.44. The molecular formula is C13H21N3O4S. The summed E-state index contributed by atoms with van der Waals surface area (Å²) in [6.07, 6.45) is 2.94. The Labute approximate surface area is 125 Å². The van der Waals surface area contributed by atoms with Gasteiger partial charge in [0.15, 0.2) is 5.76 Å². The lowest BCUT2D eigenvalue weighted by Gasteiger charge is -2.32. The summed E-state index contributed by atoms with van der Waals surface area (Å²) in [7, 11) is -0.260. The Morgan fingerprint density at radius 2 is 2.10 bits per heavy atom. The van der Waals surface area contributed by atoms with E-state index in [-0.39, 0.29) is 11.8 Å². The first-order valence-corrected chi connectivity index (χ1v) is 8.30. The van der Waals surface area contributed by atoms with E-state index in [2.05, 4.69) is 5.32 Å². The van der Waals surface area contributed by atoms with Gasteiger partial charge in [-0.1, -0.05) is 0 Å². The van der Waals surface area contributed by atoms with Gasteiger partial charge in [0.2, 0.25) is 0 Å². The number of carbonyl (C=O) groups is 1. The predicted octanol–water partition coefficient (Wildman–Crippen LogP) is 0.528. The Hall–Kier alpha value is -1.38. The number of rotatable bonds is 5. The van der Waals surface area contributed by atoms with Crippen molar-refractivity contribution in [2.45, 2.75) is 12.8 Å². The van der Waals surface area contributed by atoms with Gasteiger partial charge in [-0.2, -0.15) is 17.0 Å². The van der Waals surface area contributed by atoms with Gasteiger partial charge in [0.25, 0.3) is 16.1 Å². The second-order valence-corrected chi connectivity index (χ2v) is 7.46. The molecule has 0 saturated carbocycles. The number of furan rings is 1. The van der Waals surface area contributed by atoms with E-state index >= 15 is 0 Å². The third-order valence-corrected chi connectivity index (χ3v) is 5.60. The minimum Gasteiger partial charge on any atom is -0.459 e. The number of nitrogens with zero attached hydrogens (tertiary/aromatic N) is 2. The minimum atomic E-state index is -3.33. The quantitative estimate of drug-likeness (QED) is 0.859. The highest BCUT2D eigenvalue weighted by Crippen LogP contribution is 2.20. The molecule has 1 saturated heterocycles. The first kappa shape index (κ1) is 16.0. The summed E-state index contributed by atoms with van der Waals surface area (Å²) in [4.78, 5) is 11.7. The van der Waals surface area contributed by atoms with Crippen LogP contribution in [0.1, 0.15) is 23.4 Å². The summed E-state index contributed by atoms with van der Waals surface area (Å²) in [6.45, 7) is 1.51. The molecule has 0 unspecified atom stereocenters. The molecule has 1 amide bonds. The van der Waals surface area contributed by atoms with Gasteiger partial charge >= 0.3 is 0 Å². The Bertz CT molecular complexity index is 560. The van der Waals surface area contributed by atoms with Crippen molar-refractivity contribution < 1.29 is 17.6 Å². The van der Waals surface area contributed by atoms with Crippen molar-refractivity contribution in [1.82, 2.24) is 13.9 Å². The lowest BCUT2D eigenvalue weighted by molar-refractivity contribution is 0.0913. The first-order valence-electron chi connectivity index (χ1n) is 6.90. The molecule has 0 bridgehead atoms. The van der Waals surface area contributed by atoms with E-state index in [0.29, 0.717) is 25.4 Å². The maximum absolute atomic E-state index is 12.0. The van der Waals surface area contributed by atoms with Crippen LogP contribution < -0.4 is 5.32 Å². The summed E-state index contributed by atoms with van der Waals surface area (Å²) >= 11 is 0. The van der Waals surface area contributed by atoms with Crippen molar-refractivity contribution in [2.24, 2.45) is 5.92 Å². The summed E-state index contributed by atoms with van der Waals surface area (Å²) in [5, 5.41) is 2.82. The van der Waals surface area contributed by atoms with E-state index in [4.69, 9.17) is 4.42 Å². The highest BCUT2D eigenvalue weighted by Gasteiger charge is 2.29. The molecule has 1 N–H and O–H groups in total. The zero-order valence-corrected chi connectivity index (χ0v) is 13.1. The van der Waals surface area contributed by atoms with Crippen LogP contribution in [0.3, 0.4) is 0 Å². The average molecular weight is 315 g/mol. The molecule has 1 aliphatic heterocycles. The van der Waals surface area contributed by atoms with Crippen molar-refractivity contribution in [3.8, 4) is 0 Å². The minimum absolute atomic E-state index is 0.233. The van der Waals surface area contributed by atoms with Crippen LogP contribution in [-0.4, -0.2) is 56.7 Å².